The number of rotatable bonds is 7. The molecule has 1 aliphatic rings. The molecule has 3 N–H and O–H groups in total. The molecule has 3 rings (SSSR count). The minimum Gasteiger partial charge on any atom is -0.394 e. The first-order valence-electron chi connectivity index (χ1n) is 10.7. The summed E-state index contributed by atoms with van der Waals surface area (Å²) in [5.74, 6) is 0.600. The van der Waals surface area contributed by atoms with Gasteiger partial charge in [0.1, 0.15) is 0 Å². The summed E-state index contributed by atoms with van der Waals surface area (Å²) in [4.78, 5) is 33.6. The molecule has 8 heteroatoms. The Morgan fingerprint density at radius 3 is 2.29 bits per heavy atom. The number of aliphatic hydroxyl groups excluding tert-OH is 1. The van der Waals surface area contributed by atoms with Crippen LogP contribution in [0.3, 0.4) is 0 Å². The van der Waals surface area contributed by atoms with E-state index in [0.29, 0.717) is 43.3 Å². The van der Waals surface area contributed by atoms with Crippen LogP contribution in [-0.2, 0) is 0 Å². The number of aromatic nitrogens is 1. The summed E-state index contributed by atoms with van der Waals surface area (Å²) < 4.78 is 0. The fourth-order valence-corrected chi connectivity index (χ4v) is 3.49. The molecule has 2 amide bonds. The number of nitrogens with zero attached hydrogens (tertiary/aromatic N) is 3. The van der Waals surface area contributed by atoms with Crippen LogP contribution < -0.4 is 15.5 Å². The molecule has 1 atom stereocenters. The van der Waals surface area contributed by atoms with Crippen LogP contribution in [0.1, 0.15) is 41.5 Å². The summed E-state index contributed by atoms with van der Waals surface area (Å²) >= 11 is 0. The lowest BCUT2D eigenvalue weighted by molar-refractivity contribution is 0.0746. The third kappa shape index (κ3) is 5.73. The normalized spacial score (nSPS) is 15.0. The molecule has 31 heavy (non-hydrogen) atoms. The Bertz CT molecular complexity index is 892. The molecule has 1 unspecified atom stereocenters. The van der Waals surface area contributed by atoms with E-state index in [0.717, 1.165) is 11.5 Å². The van der Waals surface area contributed by atoms with E-state index in [2.05, 4.69) is 34.4 Å². The molecule has 0 saturated carbocycles. The number of aliphatic hydroxyl groups is 1. The zero-order valence-corrected chi connectivity index (χ0v) is 18.3. The molecule has 2 aromatic rings. The van der Waals surface area contributed by atoms with E-state index in [1.165, 1.54) is 0 Å². The third-order valence-electron chi connectivity index (χ3n) is 5.14. The lowest BCUT2D eigenvalue weighted by Gasteiger charge is -2.36. The van der Waals surface area contributed by atoms with Gasteiger partial charge in [-0.05, 0) is 57.2 Å². The first-order valence-corrected chi connectivity index (χ1v) is 10.7. The Morgan fingerprint density at radius 1 is 1.03 bits per heavy atom. The first kappa shape index (κ1) is 22.6. The molecule has 166 valence electrons. The number of nitrogens with one attached hydrogen (secondary N) is 2. The SMILES string of the molecule is CC(C)Nc1cccnc1N1CCN(C(=O)c2ccc(C(=O)NC(C)CO)cc2)CC1. The molecule has 0 aliphatic carbocycles. The van der Waals surface area contributed by atoms with E-state index in [9.17, 15) is 9.59 Å². The van der Waals surface area contributed by atoms with Crippen molar-refractivity contribution in [1.82, 2.24) is 15.2 Å². The maximum atomic E-state index is 12.9. The molecule has 2 heterocycles. The number of carbonyl (C=O) groups is 2. The van der Waals surface area contributed by atoms with Gasteiger partial charge in [0, 0.05) is 55.6 Å². The van der Waals surface area contributed by atoms with Crippen molar-refractivity contribution in [1.29, 1.82) is 0 Å². The number of carbonyl (C=O) groups excluding carboxylic acids is 2. The van der Waals surface area contributed by atoms with Crippen LogP contribution in [0.15, 0.2) is 42.6 Å². The lowest BCUT2D eigenvalue weighted by Crippen LogP contribution is -2.49. The molecule has 0 spiro atoms. The van der Waals surface area contributed by atoms with Gasteiger partial charge in [-0.3, -0.25) is 9.59 Å². The molecule has 1 aromatic carbocycles. The van der Waals surface area contributed by atoms with Gasteiger partial charge in [0.05, 0.1) is 12.3 Å². The van der Waals surface area contributed by atoms with Gasteiger partial charge in [-0.1, -0.05) is 0 Å². The number of amides is 2. The van der Waals surface area contributed by atoms with Gasteiger partial charge in [0.25, 0.3) is 11.8 Å². The van der Waals surface area contributed by atoms with Crippen molar-refractivity contribution in [3.63, 3.8) is 0 Å². The van der Waals surface area contributed by atoms with E-state index in [-0.39, 0.29) is 24.5 Å². The zero-order chi connectivity index (χ0) is 22.4. The highest BCUT2D eigenvalue weighted by Gasteiger charge is 2.24. The molecule has 8 nitrogen and oxygen atoms in total. The Morgan fingerprint density at radius 2 is 1.68 bits per heavy atom. The second kappa shape index (κ2) is 10.3. The minimum atomic E-state index is -0.319. The number of anilines is 2. The van der Waals surface area contributed by atoms with Crippen LogP contribution in [0.4, 0.5) is 11.5 Å². The van der Waals surface area contributed by atoms with Crippen molar-refractivity contribution in [2.45, 2.75) is 32.9 Å². The van der Waals surface area contributed by atoms with Crippen LogP contribution in [0.5, 0.6) is 0 Å². The van der Waals surface area contributed by atoms with Gasteiger partial charge in [0.15, 0.2) is 5.82 Å². The number of hydrogen-bond donors (Lipinski definition) is 3. The maximum Gasteiger partial charge on any atom is 0.253 e. The highest BCUT2D eigenvalue weighted by Crippen LogP contribution is 2.25. The monoisotopic (exact) mass is 425 g/mol. The van der Waals surface area contributed by atoms with Gasteiger partial charge in [0.2, 0.25) is 0 Å². The van der Waals surface area contributed by atoms with Crippen molar-refractivity contribution in [3.05, 3.63) is 53.7 Å². The number of pyridine rings is 1. The van der Waals surface area contributed by atoms with E-state index in [1.54, 1.807) is 37.4 Å². The number of hydrogen-bond acceptors (Lipinski definition) is 6. The summed E-state index contributed by atoms with van der Waals surface area (Å²) in [7, 11) is 0. The van der Waals surface area contributed by atoms with E-state index in [1.807, 2.05) is 17.0 Å². The van der Waals surface area contributed by atoms with Crippen LogP contribution in [0, 0.1) is 0 Å². The summed E-state index contributed by atoms with van der Waals surface area (Å²) in [5.41, 5.74) is 2.02. The van der Waals surface area contributed by atoms with Crippen molar-refractivity contribution in [3.8, 4) is 0 Å². The lowest BCUT2D eigenvalue weighted by atomic mass is 10.1. The van der Waals surface area contributed by atoms with Crippen LogP contribution in [0.2, 0.25) is 0 Å². The standard InChI is InChI=1S/C23H31N5O3/c1-16(2)25-20-5-4-10-24-21(20)27-11-13-28(14-12-27)23(31)19-8-6-18(7-9-19)22(30)26-17(3)15-29/h4-10,16-17,25,29H,11-15H2,1-3H3,(H,26,30). The van der Waals surface area contributed by atoms with Gasteiger partial charge in [-0.25, -0.2) is 4.98 Å². The van der Waals surface area contributed by atoms with E-state index >= 15 is 0 Å². The molecule has 1 aliphatic heterocycles. The predicted molar refractivity (Wildman–Crippen MR) is 122 cm³/mol. The second-order valence-electron chi connectivity index (χ2n) is 8.09. The van der Waals surface area contributed by atoms with Gasteiger partial charge < -0.3 is 25.5 Å². The van der Waals surface area contributed by atoms with Crippen molar-refractivity contribution in [2.75, 3.05) is 43.0 Å². The highest BCUT2D eigenvalue weighted by molar-refractivity contribution is 5.98. The molecule has 1 aromatic heterocycles. The van der Waals surface area contributed by atoms with Crippen LogP contribution in [0.25, 0.3) is 0 Å². The molecular formula is C23H31N5O3. The smallest absolute Gasteiger partial charge is 0.253 e. The zero-order valence-electron chi connectivity index (χ0n) is 18.3. The average molecular weight is 426 g/mol. The predicted octanol–water partition coefficient (Wildman–Crippen LogP) is 1.97. The summed E-state index contributed by atoms with van der Waals surface area (Å²) in [5, 5.41) is 15.2. The highest BCUT2D eigenvalue weighted by atomic mass is 16.3. The molecular weight excluding hydrogens is 394 g/mol. The van der Waals surface area contributed by atoms with Crippen molar-refractivity contribution < 1.29 is 14.7 Å². The van der Waals surface area contributed by atoms with Crippen LogP contribution >= 0.6 is 0 Å². The average Bonchev–Trinajstić information content (AvgIpc) is 2.78. The number of piperazine rings is 1. The topological polar surface area (TPSA) is 97.8 Å². The fraction of sp³-hybridized carbons (Fsp3) is 0.435. The van der Waals surface area contributed by atoms with E-state index in [4.69, 9.17) is 5.11 Å². The van der Waals surface area contributed by atoms with Crippen molar-refractivity contribution in [2.24, 2.45) is 0 Å². The molecule has 0 bridgehead atoms. The fourth-order valence-electron chi connectivity index (χ4n) is 3.49. The minimum absolute atomic E-state index is 0.0446. The largest absolute Gasteiger partial charge is 0.394 e. The van der Waals surface area contributed by atoms with Gasteiger partial charge in [-0.15, -0.1) is 0 Å². The maximum absolute atomic E-state index is 12.9. The van der Waals surface area contributed by atoms with Gasteiger partial charge in [-0.2, -0.15) is 0 Å². The summed E-state index contributed by atoms with van der Waals surface area (Å²) in [6, 6.07) is 10.6. The Balaban J connectivity index is 1.60. The number of benzene rings is 1. The Kier molecular flexibility index (Phi) is 7.46. The molecule has 1 saturated heterocycles. The second-order valence-corrected chi connectivity index (χ2v) is 8.09. The summed E-state index contributed by atoms with van der Waals surface area (Å²) in [6.07, 6.45) is 1.79. The molecule has 1 fully saturated rings. The third-order valence-corrected chi connectivity index (χ3v) is 5.14. The van der Waals surface area contributed by atoms with Crippen molar-refractivity contribution >= 4 is 23.3 Å². The first-order chi connectivity index (χ1) is 14.9. The summed E-state index contributed by atoms with van der Waals surface area (Å²) in [6.45, 7) is 8.40. The van der Waals surface area contributed by atoms with Gasteiger partial charge >= 0.3 is 0 Å². The van der Waals surface area contributed by atoms with E-state index < -0.39 is 0 Å². The Hall–Kier alpha value is -3.13. The quantitative estimate of drug-likeness (QED) is 0.628. The van der Waals surface area contributed by atoms with Crippen LogP contribution in [-0.4, -0.2) is 71.7 Å². The molecule has 0 radical (unpaired) electrons. The Labute approximate surface area is 183 Å².